The van der Waals surface area contributed by atoms with E-state index in [9.17, 15) is 0 Å². The zero-order valence-electron chi connectivity index (χ0n) is 25.0. The highest BCUT2D eigenvalue weighted by molar-refractivity contribution is 6.66. The van der Waals surface area contributed by atoms with E-state index in [1.807, 2.05) is 41.2 Å². The first-order valence-electron chi connectivity index (χ1n) is 13.5. The minimum atomic E-state index is -2.40. The van der Waals surface area contributed by atoms with Crippen LogP contribution < -0.4 is 17.2 Å². The summed E-state index contributed by atoms with van der Waals surface area (Å²) in [7, 11) is -2.64. The van der Waals surface area contributed by atoms with Crippen molar-refractivity contribution in [1.82, 2.24) is 0 Å². The summed E-state index contributed by atoms with van der Waals surface area (Å²) in [5.41, 5.74) is 16.3. The quantitative estimate of drug-likeness (QED) is 0.166. The molecule has 0 aromatic carbocycles. The lowest BCUT2D eigenvalue weighted by atomic mass is 10.5. The second-order valence-corrected chi connectivity index (χ2v) is 17.9. The van der Waals surface area contributed by atoms with Crippen LogP contribution >= 0.6 is 0 Å². The number of hydrogen-bond donors (Lipinski definition) is 3. The van der Waals surface area contributed by atoms with Crippen LogP contribution in [0.4, 0.5) is 0 Å². The Kier molecular flexibility index (Phi) is 35.0. The molecule has 0 amide bonds. The Balaban J connectivity index is -0.000000221. The van der Waals surface area contributed by atoms with Gasteiger partial charge >= 0.3 is 25.9 Å². The molecule has 0 fully saturated rings. The van der Waals surface area contributed by atoms with Crippen LogP contribution in [0.15, 0.2) is 0 Å². The van der Waals surface area contributed by atoms with Gasteiger partial charge in [-0.15, -0.1) is 0 Å². The first kappa shape index (κ1) is 44.3. The van der Waals surface area contributed by atoms with Crippen LogP contribution in [0, 0.1) is 0 Å². The first-order chi connectivity index (χ1) is 17.1. The van der Waals surface area contributed by atoms with Crippen molar-refractivity contribution in [3.05, 3.63) is 0 Å². The molecule has 0 radical (unpaired) electrons. The molecule has 0 aliphatic heterocycles. The van der Waals surface area contributed by atoms with Crippen molar-refractivity contribution in [2.45, 2.75) is 92.5 Å². The normalized spacial score (nSPS) is 11.7. The van der Waals surface area contributed by atoms with E-state index in [4.69, 9.17) is 48.2 Å². The molecule has 6 N–H and O–H groups in total. The van der Waals surface area contributed by atoms with Crippen LogP contribution in [0.5, 0.6) is 0 Å². The van der Waals surface area contributed by atoms with Crippen LogP contribution in [0.1, 0.15) is 61.3 Å². The Labute approximate surface area is 233 Å². The van der Waals surface area contributed by atoms with Crippen LogP contribution in [0.25, 0.3) is 0 Å². The zero-order chi connectivity index (χ0) is 28.3. The third kappa shape index (κ3) is 25.0. The number of nitrogens with two attached hydrogens (primary N) is 3. The van der Waals surface area contributed by atoms with Gasteiger partial charge in [-0.25, -0.2) is 0 Å². The lowest BCUT2D eigenvalue weighted by molar-refractivity contribution is 0.0710. The SMILES string of the molecule is C.CCO[Si](C)(CCCN)OCC.CCO[Si](CCCN)(OCC)OCC.CO[Si](C)(CCCN)OC. The van der Waals surface area contributed by atoms with Gasteiger partial charge in [0.05, 0.1) is 0 Å². The lowest BCUT2D eigenvalue weighted by Crippen LogP contribution is -2.46. The van der Waals surface area contributed by atoms with E-state index in [-0.39, 0.29) is 7.43 Å². The summed E-state index contributed by atoms with van der Waals surface area (Å²) in [5.74, 6) is 0. The fourth-order valence-corrected chi connectivity index (χ4v) is 9.75. The maximum absolute atomic E-state index is 5.65. The Hall–Kier alpha value is 0.251. The molecule has 0 spiro atoms. The number of hydrogen-bond acceptors (Lipinski definition) is 10. The monoisotopic (exact) mass is 591 g/mol. The van der Waals surface area contributed by atoms with E-state index in [0.717, 1.165) is 63.7 Å². The van der Waals surface area contributed by atoms with Crippen LogP contribution in [0.3, 0.4) is 0 Å². The summed E-state index contributed by atoms with van der Waals surface area (Å²) in [6, 6.07) is 2.81. The Morgan fingerprint density at radius 2 is 0.784 bits per heavy atom. The van der Waals surface area contributed by atoms with E-state index >= 15 is 0 Å². The molecule has 0 heterocycles. The molecule has 230 valence electrons. The van der Waals surface area contributed by atoms with Gasteiger partial charge in [-0.3, -0.25) is 0 Å². The van der Waals surface area contributed by atoms with Gasteiger partial charge in [-0.1, -0.05) is 7.43 Å². The van der Waals surface area contributed by atoms with Gasteiger partial charge in [0.2, 0.25) is 0 Å². The summed E-state index contributed by atoms with van der Waals surface area (Å²) in [6.07, 6.45) is 2.89. The van der Waals surface area contributed by atoms with Crippen molar-refractivity contribution >= 4 is 25.9 Å². The van der Waals surface area contributed by atoms with Crippen molar-refractivity contribution in [3.8, 4) is 0 Å². The van der Waals surface area contributed by atoms with Crippen LogP contribution in [0.2, 0.25) is 31.2 Å². The minimum Gasteiger partial charge on any atom is -0.398 e. The smallest absolute Gasteiger partial charge is 0.398 e. The van der Waals surface area contributed by atoms with Gasteiger partial charge in [-0.2, -0.15) is 0 Å². The highest BCUT2D eigenvalue weighted by atomic mass is 28.4. The van der Waals surface area contributed by atoms with Crippen molar-refractivity contribution in [2.24, 2.45) is 17.2 Å². The molecule has 0 unspecified atom stereocenters. The average molecular weight is 592 g/mol. The molecule has 0 aliphatic carbocycles. The summed E-state index contributed by atoms with van der Waals surface area (Å²) >= 11 is 0. The van der Waals surface area contributed by atoms with Crippen molar-refractivity contribution in [3.63, 3.8) is 0 Å². The van der Waals surface area contributed by atoms with Gasteiger partial charge in [0.1, 0.15) is 0 Å². The lowest BCUT2D eigenvalue weighted by Gasteiger charge is -2.28. The molecule has 0 saturated carbocycles. The van der Waals surface area contributed by atoms with E-state index < -0.39 is 25.9 Å². The van der Waals surface area contributed by atoms with Crippen molar-refractivity contribution in [2.75, 3.05) is 66.9 Å². The first-order valence-corrected chi connectivity index (χ1v) is 20.5. The molecule has 0 aromatic heterocycles. The molecule has 0 atom stereocenters. The summed E-state index contributed by atoms with van der Waals surface area (Å²) in [4.78, 5) is 0. The molecule has 0 aromatic rings. The molecule has 0 saturated heterocycles. The summed E-state index contributed by atoms with van der Waals surface area (Å²) in [6.45, 7) is 19.5. The van der Waals surface area contributed by atoms with E-state index in [0.29, 0.717) is 26.4 Å². The second-order valence-electron chi connectivity index (χ2n) is 8.20. The average Bonchev–Trinajstić information content (AvgIpc) is 2.86. The second kappa shape index (κ2) is 29.2. The van der Waals surface area contributed by atoms with E-state index in [1.165, 1.54) is 0 Å². The summed E-state index contributed by atoms with van der Waals surface area (Å²) < 4.78 is 38.7. The predicted molar refractivity (Wildman–Crippen MR) is 163 cm³/mol. The zero-order valence-corrected chi connectivity index (χ0v) is 28.0. The van der Waals surface area contributed by atoms with Crippen molar-refractivity contribution < 1.29 is 31.0 Å². The highest BCUT2D eigenvalue weighted by Gasteiger charge is 2.39. The third-order valence-corrected chi connectivity index (χ3v) is 14.4. The fraction of sp³-hybridized carbons (Fsp3) is 1.00. The number of rotatable bonds is 21. The van der Waals surface area contributed by atoms with Gasteiger partial charge in [0.15, 0.2) is 0 Å². The van der Waals surface area contributed by atoms with Gasteiger partial charge in [0, 0.05) is 53.3 Å². The minimum absolute atomic E-state index is 0. The molecular weight excluding hydrogens is 527 g/mol. The molecule has 37 heavy (non-hydrogen) atoms. The molecular formula is C24H65N3O7Si3. The maximum atomic E-state index is 5.65. The van der Waals surface area contributed by atoms with Gasteiger partial charge in [0.25, 0.3) is 0 Å². The van der Waals surface area contributed by atoms with E-state index in [2.05, 4.69) is 6.55 Å². The Morgan fingerprint density at radius 1 is 0.486 bits per heavy atom. The molecule has 13 heteroatoms. The maximum Gasteiger partial charge on any atom is 0.500 e. The predicted octanol–water partition coefficient (Wildman–Crippen LogP) is 4.20. The third-order valence-electron chi connectivity index (χ3n) is 5.21. The Bertz CT molecular complexity index is 433. The van der Waals surface area contributed by atoms with Crippen LogP contribution in [-0.4, -0.2) is 92.8 Å². The largest absolute Gasteiger partial charge is 0.500 e. The standard InChI is InChI=1S/C9H23NO3Si.C8H21NO2Si.C6H17NO2Si.CH4/c1-4-11-14(12-5-2,13-6-3)9-7-8-10;1-4-10-12(3,11-5-2)8-6-7-9;1-8-10(3,9-2)6-4-5-7;/h4-10H2,1-3H3;4-9H2,1-3H3;4-7H2,1-3H3;1H4. The topological polar surface area (TPSA) is 143 Å². The molecule has 10 nitrogen and oxygen atoms in total. The molecule has 0 aliphatic rings. The highest BCUT2D eigenvalue weighted by Crippen LogP contribution is 2.17. The van der Waals surface area contributed by atoms with Gasteiger partial charge in [-0.05, 0) is 98.7 Å². The van der Waals surface area contributed by atoms with E-state index in [1.54, 1.807) is 14.2 Å². The molecule has 0 rings (SSSR count). The van der Waals surface area contributed by atoms with Gasteiger partial charge < -0.3 is 48.2 Å². The fourth-order valence-electron chi connectivity index (χ4n) is 3.25. The molecule has 0 bridgehead atoms. The van der Waals surface area contributed by atoms with Crippen molar-refractivity contribution in [1.29, 1.82) is 0 Å². The Morgan fingerprint density at radius 3 is 1.05 bits per heavy atom. The summed E-state index contributed by atoms with van der Waals surface area (Å²) in [5, 5.41) is 0. The van der Waals surface area contributed by atoms with Crippen LogP contribution in [-0.2, 0) is 31.0 Å².